The van der Waals surface area contributed by atoms with Gasteiger partial charge in [0, 0.05) is 15.9 Å². The second kappa shape index (κ2) is 6.30. The summed E-state index contributed by atoms with van der Waals surface area (Å²) in [6.45, 7) is 3.86. The Labute approximate surface area is 132 Å². The molecule has 20 heavy (non-hydrogen) atoms. The van der Waals surface area contributed by atoms with Gasteiger partial charge in [-0.15, -0.1) is 0 Å². The number of nitrogens with zero attached hydrogens (tertiary/aromatic N) is 1. The molecule has 2 aromatic carbocycles. The first kappa shape index (κ1) is 14.9. The maximum absolute atomic E-state index is 8.97. The van der Waals surface area contributed by atoms with Crippen LogP contribution in [-0.2, 0) is 5.33 Å². The van der Waals surface area contributed by atoms with Crippen molar-refractivity contribution < 1.29 is 4.74 Å². The number of alkyl halides is 1. The van der Waals surface area contributed by atoms with Crippen molar-refractivity contribution in [3.8, 4) is 17.6 Å². The largest absolute Gasteiger partial charge is 0.456 e. The Hall–Kier alpha value is -1.50. The molecule has 0 bridgehead atoms. The Kier molecular flexibility index (Phi) is 4.69. The highest BCUT2D eigenvalue weighted by molar-refractivity contribution is 9.08. The standard InChI is InChI=1S/C16H13BrClNO/c1-10-6-12(9-19)7-11(2)16(10)20-15-5-3-4-14(18)13(15)8-17/h3-7H,8H2,1-2H3. The monoisotopic (exact) mass is 349 g/mol. The second-order valence-electron chi connectivity index (χ2n) is 4.50. The molecule has 0 aliphatic heterocycles. The molecule has 0 saturated heterocycles. The summed E-state index contributed by atoms with van der Waals surface area (Å²) in [5.41, 5.74) is 3.42. The van der Waals surface area contributed by atoms with Gasteiger partial charge >= 0.3 is 0 Å². The zero-order valence-electron chi connectivity index (χ0n) is 11.2. The molecular formula is C16H13BrClNO. The van der Waals surface area contributed by atoms with E-state index in [0.29, 0.717) is 15.9 Å². The van der Waals surface area contributed by atoms with Gasteiger partial charge in [0.25, 0.3) is 0 Å². The molecule has 102 valence electrons. The van der Waals surface area contributed by atoms with E-state index in [0.717, 1.165) is 28.2 Å². The highest BCUT2D eigenvalue weighted by Crippen LogP contribution is 2.35. The van der Waals surface area contributed by atoms with Crippen molar-refractivity contribution >= 4 is 27.5 Å². The zero-order chi connectivity index (χ0) is 14.7. The van der Waals surface area contributed by atoms with Gasteiger partial charge in [0.15, 0.2) is 0 Å². The average molecular weight is 351 g/mol. The molecule has 0 spiro atoms. The molecule has 0 saturated carbocycles. The first-order chi connectivity index (χ1) is 9.56. The number of ether oxygens (including phenoxy) is 1. The van der Waals surface area contributed by atoms with E-state index in [2.05, 4.69) is 22.0 Å². The van der Waals surface area contributed by atoms with Gasteiger partial charge in [0.05, 0.1) is 11.6 Å². The number of nitriles is 1. The van der Waals surface area contributed by atoms with Crippen molar-refractivity contribution in [1.29, 1.82) is 5.26 Å². The van der Waals surface area contributed by atoms with Gasteiger partial charge in [-0.3, -0.25) is 0 Å². The van der Waals surface area contributed by atoms with E-state index in [9.17, 15) is 0 Å². The fourth-order valence-electron chi connectivity index (χ4n) is 2.05. The normalized spacial score (nSPS) is 10.2. The van der Waals surface area contributed by atoms with Crippen molar-refractivity contribution in [2.75, 3.05) is 0 Å². The Balaban J connectivity index is 2.46. The lowest BCUT2D eigenvalue weighted by atomic mass is 10.1. The molecule has 0 aromatic heterocycles. The smallest absolute Gasteiger partial charge is 0.133 e. The van der Waals surface area contributed by atoms with Crippen LogP contribution < -0.4 is 4.74 Å². The molecule has 0 radical (unpaired) electrons. The van der Waals surface area contributed by atoms with E-state index in [1.165, 1.54) is 0 Å². The molecule has 0 aliphatic rings. The van der Waals surface area contributed by atoms with Gasteiger partial charge in [-0.2, -0.15) is 5.26 Å². The molecule has 2 rings (SSSR count). The van der Waals surface area contributed by atoms with Crippen molar-refractivity contribution in [3.05, 3.63) is 57.6 Å². The van der Waals surface area contributed by atoms with Crippen LogP contribution in [0.25, 0.3) is 0 Å². The Morgan fingerprint density at radius 2 is 1.90 bits per heavy atom. The number of benzene rings is 2. The van der Waals surface area contributed by atoms with Crippen LogP contribution in [0.15, 0.2) is 30.3 Å². The first-order valence-electron chi connectivity index (χ1n) is 6.09. The summed E-state index contributed by atoms with van der Waals surface area (Å²) in [6.07, 6.45) is 0. The van der Waals surface area contributed by atoms with E-state index in [1.807, 2.05) is 44.2 Å². The van der Waals surface area contributed by atoms with Gasteiger partial charge in [0.2, 0.25) is 0 Å². The molecule has 4 heteroatoms. The zero-order valence-corrected chi connectivity index (χ0v) is 13.5. The minimum absolute atomic E-state index is 0.621. The topological polar surface area (TPSA) is 33.0 Å². The fraction of sp³-hybridized carbons (Fsp3) is 0.188. The average Bonchev–Trinajstić information content (AvgIpc) is 2.42. The minimum Gasteiger partial charge on any atom is -0.456 e. The number of hydrogen-bond donors (Lipinski definition) is 0. The van der Waals surface area contributed by atoms with Crippen LogP contribution in [0.4, 0.5) is 0 Å². The van der Waals surface area contributed by atoms with Crippen LogP contribution in [0, 0.1) is 25.2 Å². The van der Waals surface area contributed by atoms with Gasteiger partial charge in [-0.25, -0.2) is 0 Å². The highest BCUT2D eigenvalue weighted by Gasteiger charge is 2.12. The van der Waals surface area contributed by atoms with Crippen LogP contribution in [0.2, 0.25) is 5.02 Å². The Morgan fingerprint density at radius 3 is 2.45 bits per heavy atom. The van der Waals surface area contributed by atoms with E-state index in [4.69, 9.17) is 21.6 Å². The van der Waals surface area contributed by atoms with Gasteiger partial charge in [-0.05, 0) is 49.2 Å². The van der Waals surface area contributed by atoms with Crippen LogP contribution in [0.1, 0.15) is 22.3 Å². The van der Waals surface area contributed by atoms with Gasteiger partial charge < -0.3 is 4.74 Å². The number of rotatable bonds is 3. The van der Waals surface area contributed by atoms with Crippen molar-refractivity contribution in [2.45, 2.75) is 19.2 Å². The second-order valence-corrected chi connectivity index (χ2v) is 5.47. The molecule has 0 aliphatic carbocycles. The summed E-state index contributed by atoms with van der Waals surface area (Å²) in [7, 11) is 0. The van der Waals surface area contributed by atoms with Crippen LogP contribution in [-0.4, -0.2) is 0 Å². The lowest BCUT2D eigenvalue weighted by Crippen LogP contribution is -1.95. The van der Waals surface area contributed by atoms with Crippen molar-refractivity contribution in [1.82, 2.24) is 0 Å². The fourth-order valence-corrected chi connectivity index (χ4v) is 3.02. The molecule has 2 aromatic rings. The quantitative estimate of drug-likeness (QED) is 0.683. The third-order valence-corrected chi connectivity index (χ3v) is 3.93. The van der Waals surface area contributed by atoms with Crippen LogP contribution in [0.3, 0.4) is 0 Å². The summed E-state index contributed by atoms with van der Waals surface area (Å²) < 4.78 is 6.02. The van der Waals surface area contributed by atoms with Crippen LogP contribution in [0.5, 0.6) is 11.5 Å². The molecule has 0 atom stereocenters. The number of halogens is 2. The summed E-state index contributed by atoms with van der Waals surface area (Å²) in [4.78, 5) is 0. The predicted molar refractivity (Wildman–Crippen MR) is 84.8 cm³/mol. The van der Waals surface area contributed by atoms with E-state index >= 15 is 0 Å². The minimum atomic E-state index is 0.621. The number of aryl methyl sites for hydroxylation is 2. The SMILES string of the molecule is Cc1cc(C#N)cc(C)c1Oc1cccc(Cl)c1CBr. The predicted octanol–water partition coefficient (Wildman–Crippen LogP) is 5.52. The molecule has 0 amide bonds. The lowest BCUT2D eigenvalue weighted by Gasteiger charge is -2.15. The Morgan fingerprint density at radius 1 is 1.25 bits per heavy atom. The lowest BCUT2D eigenvalue weighted by molar-refractivity contribution is 0.471. The summed E-state index contributed by atoms with van der Waals surface area (Å²) >= 11 is 9.59. The summed E-state index contributed by atoms with van der Waals surface area (Å²) in [5.74, 6) is 1.50. The molecule has 0 fully saturated rings. The maximum Gasteiger partial charge on any atom is 0.133 e. The molecule has 2 nitrogen and oxygen atoms in total. The van der Waals surface area contributed by atoms with Gasteiger partial charge in [0.1, 0.15) is 11.5 Å². The summed E-state index contributed by atoms with van der Waals surface area (Å²) in [5, 5.41) is 10.3. The van der Waals surface area contributed by atoms with E-state index in [1.54, 1.807) is 0 Å². The van der Waals surface area contributed by atoms with Crippen molar-refractivity contribution in [2.24, 2.45) is 0 Å². The first-order valence-corrected chi connectivity index (χ1v) is 7.59. The molecule has 0 N–H and O–H groups in total. The Bertz CT molecular complexity index is 668. The van der Waals surface area contributed by atoms with Gasteiger partial charge in [-0.1, -0.05) is 33.6 Å². The molecular weight excluding hydrogens is 338 g/mol. The third kappa shape index (κ3) is 2.98. The number of hydrogen-bond acceptors (Lipinski definition) is 2. The molecule has 0 heterocycles. The third-order valence-electron chi connectivity index (χ3n) is 3.01. The summed E-state index contributed by atoms with van der Waals surface area (Å²) in [6, 6.07) is 11.4. The highest BCUT2D eigenvalue weighted by atomic mass is 79.9. The maximum atomic E-state index is 8.97. The van der Waals surface area contributed by atoms with Crippen molar-refractivity contribution in [3.63, 3.8) is 0 Å². The van der Waals surface area contributed by atoms with E-state index < -0.39 is 0 Å². The van der Waals surface area contributed by atoms with E-state index in [-0.39, 0.29) is 0 Å². The molecule has 0 unspecified atom stereocenters. The van der Waals surface area contributed by atoms with Crippen LogP contribution >= 0.6 is 27.5 Å².